The van der Waals surface area contributed by atoms with Gasteiger partial charge in [0.15, 0.2) is 0 Å². The monoisotopic (exact) mass is 246 g/mol. The second-order valence-corrected chi connectivity index (χ2v) is 5.25. The third-order valence-electron chi connectivity index (χ3n) is 2.52. The molecular formula is C11H19ClN2S. The molecule has 0 amide bonds. The molecule has 0 unspecified atom stereocenters. The van der Waals surface area contributed by atoms with Crippen molar-refractivity contribution in [3.63, 3.8) is 0 Å². The fourth-order valence-corrected chi connectivity index (χ4v) is 2.33. The van der Waals surface area contributed by atoms with Gasteiger partial charge in [-0.1, -0.05) is 0 Å². The lowest BCUT2D eigenvalue weighted by Gasteiger charge is -2.20. The topological polar surface area (TPSA) is 16.1 Å². The molecule has 0 aromatic carbocycles. The van der Waals surface area contributed by atoms with Gasteiger partial charge < -0.3 is 4.90 Å². The van der Waals surface area contributed by atoms with Crippen LogP contribution < -0.4 is 0 Å². The molecular weight excluding hydrogens is 228 g/mol. The average molecular weight is 247 g/mol. The van der Waals surface area contributed by atoms with Gasteiger partial charge in [-0.3, -0.25) is 0 Å². The third kappa shape index (κ3) is 4.49. The Morgan fingerprint density at radius 2 is 2.27 bits per heavy atom. The number of rotatable bonds is 6. The van der Waals surface area contributed by atoms with E-state index >= 15 is 0 Å². The van der Waals surface area contributed by atoms with Gasteiger partial charge in [-0.25, -0.2) is 4.98 Å². The second-order valence-electron chi connectivity index (χ2n) is 4.04. The predicted octanol–water partition coefficient (Wildman–Crippen LogP) is 3.15. The van der Waals surface area contributed by atoms with Crippen molar-refractivity contribution in [3.05, 3.63) is 16.1 Å². The summed E-state index contributed by atoms with van der Waals surface area (Å²) in [5, 5.41) is 3.26. The molecule has 15 heavy (non-hydrogen) atoms. The molecule has 0 fully saturated rings. The summed E-state index contributed by atoms with van der Waals surface area (Å²) in [7, 11) is 2.16. The van der Waals surface area contributed by atoms with Crippen molar-refractivity contribution in [2.24, 2.45) is 0 Å². The van der Waals surface area contributed by atoms with E-state index in [2.05, 4.69) is 36.2 Å². The minimum atomic E-state index is 0.530. The molecule has 4 heteroatoms. The summed E-state index contributed by atoms with van der Waals surface area (Å²) in [5.74, 6) is 0.530. The maximum absolute atomic E-state index is 5.70. The van der Waals surface area contributed by atoms with Gasteiger partial charge in [-0.05, 0) is 33.9 Å². The summed E-state index contributed by atoms with van der Waals surface area (Å²) >= 11 is 7.42. The van der Waals surface area contributed by atoms with Crippen LogP contribution in [0.1, 0.15) is 31.0 Å². The van der Waals surface area contributed by atoms with Crippen LogP contribution in [0.5, 0.6) is 0 Å². The molecule has 0 spiro atoms. The van der Waals surface area contributed by atoms with Crippen molar-refractivity contribution < 1.29 is 0 Å². The molecule has 1 heterocycles. The fourth-order valence-electron chi connectivity index (χ4n) is 1.26. The molecule has 0 saturated heterocycles. The van der Waals surface area contributed by atoms with Gasteiger partial charge in [0.2, 0.25) is 0 Å². The molecule has 2 nitrogen and oxygen atoms in total. The van der Waals surface area contributed by atoms with Gasteiger partial charge in [-0.15, -0.1) is 22.9 Å². The van der Waals surface area contributed by atoms with E-state index in [1.807, 2.05) is 0 Å². The standard InChI is InChI=1S/C11H19ClN2S/c1-9(2)14(3)6-4-5-11-13-10(7-12)8-15-11/h8-9H,4-7H2,1-3H3. The van der Waals surface area contributed by atoms with E-state index in [1.165, 1.54) is 11.4 Å². The first kappa shape index (κ1) is 12.9. The second kappa shape index (κ2) is 6.46. The molecule has 1 aromatic heterocycles. The molecule has 1 aromatic rings. The molecule has 0 N–H and O–H groups in total. The van der Waals surface area contributed by atoms with E-state index in [1.54, 1.807) is 11.3 Å². The highest BCUT2D eigenvalue weighted by atomic mass is 35.5. The molecule has 0 bridgehead atoms. The summed E-state index contributed by atoms with van der Waals surface area (Å²) in [4.78, 5) is 6.80. The van der Waals surface area contributed by atoms with Crippen molar-refractivity contribution in [1.82, 2.24) is 9.88 Å². The summed E-state index contributed by atoms with van der Waals surface area (Å²) in [5.41, 5.74) is 1.01. The minimum Gasteiger partial charge on any atom is -0.304 e. The van der Waals surface area contributed by atoms with Crippen LogP contribution in [0.4, 0.5) is 0 Å². The van der Waals surface area contributed by atoms with Gasteiger partial charge in [0.25, 0.3) is 0 Å². The van der Waals surface area contributed by atoms with E-state index in [4.69, 9.17) is 11.6 Å². The lowest BCUT2D eigenvalue weighted by molar-refractivity contribution is 0.271. The molecule has 0 radical (unpaired) electrons. The van der Waals surface area contributed by atoms with E-state index in [9.17, 15) is 0 Å². The summed E-state index contributed by atoms with van der Waals surface area (Å²) in [6.45, 7) is 5.57. The van der Waals surface area contributed by atoms with Gasteiger partial charge in [-0.2, -0.15) is 0 Å². The Labute approximate surface area is 101 Å². The number of thiazole rings is 1. The Morgan fingerprint density at radius 3 is 2.80 bits per heavy atom. The highest BCUT2D eigenvalue weighted by molar-refractivity contribution is 7.09. The minimum absolute atomic E-state index is 0.530. The van der Waals surface area contributed by atoms with Crippen molar-refractivity contribution in [2.45, 2.75) is 38.6 Å². The van der Waals surface area contributed by atoms with Crippen molar-refractivity contribution in [2.75, 3.05) is 13.6 Å². The number of alkyl halides is 1. The maximum Gasteiger partial charge on any atom is 0.0929 e. The van der Waals surface area contributed by atoms with Crippen LogP contribution in [-0.2, 0) is 12.3 Å². The number of hydrogen-bond acceptors (Lipinski definition) is 3. The van der Waals surface area contributed by atoms with Crippen LogP contribution in [-0.4, -0.2) is 29.5 Å². The highest BCUT2D eigenvalue weighted by Crippen LogP contribution is 2.13. The molecule has 1 rings (SSSR count). The zero-order chi connectivity index (χ0) is 11.3. The predicted molar refractivity (Wildman–Crippen MR) is 67.8 cm³/mol. The number of nitrogens with zero attached hydrogens (tertiary/aromatic N) is 2. The van der Waals surface area contributed by atoms with Crippen molar-refractivity contribution in [1.29, 1.82) is 0 Å². The average Bonchev–Trinajstić information content (AvgIpc) is 2.65. The molecule has 0 aliphatic rings. The first-order chi connectivity index (χ1) is 7.13. The zero-order valence-electron chi connectivity index (χ0n) is 9.66. The van der Waals surface area contributed by atoms with Crippen LogP contribution in [0.3, 0.4) is 0 Å². The smallest absolute Gasteiger partial charge is 0.0929 e. The van der Waals surface area contributed by atoms with Crippen LogP contribution in [0.2, 0.25) is 0 Å². The maximum atomic E-state index is 5.70. The van der Waals surface area contributed by atoms with Gasteiger partial charge in [0.1, 0.15) is 0 Å². The number of aryl methyl sites for hydroxylation is 1. The van der Waals surface area contributed by atoms with Crippen LogP contribution >= 0.6 is 22.9 Å². The Hall–Kier alpha value is -0.120. The number of halogens is 1. The first-order valence-corrected chi connectivity index (χ1v) is 6.74. The van der Waals surface area contributed by atoms with E-state index in [0.717, 1.165) is 18.7 Å². The zero-order valence-corrected chi connectivity index (χ0v) is 11.2. The number of aromatic nitrogens is 1. The summed E-state index contributed by atoms with van der Waals surface area (Å²) < 4.78 is 0. The van der Waals surface area contributed by atoms with Crippen molar-refractivity contribution >= 4 is 22.9 Å². The summed E-state index contributed by atoms with van der Waals surface area (Å²) in [6.07, 6.45) is 2.24. The Balaban J connectivity index is 2.25. The van der Waals surface area contributed by atoms with Gasteiger partial charge >= 0.3 is 0 Å². The van der Waals surface area contributed by atoms with E-state index < -0.39 is 0 Å². The fraction of sp³-hybridized carbons (Fsp3) is 0.727. The quantitative estimate of drug-likeness (QED) is 0.717. The molecule has 0 aliphatic heterocycles. The van der Waals surface area contributed by atoms with Crippen LogP contribution in [0.25, 0.3) is 0 Å². The normalized spacial score (nSPS) is 11.6. The lowest BCUT2D eigenvalue weighted by atomic mass is 10.2. The molecule has 0 saturated carbocycles. The van der Waals surface area contributed by atoms with Crippen LogP contribution in [0.15, 0.2) is 5.38 Å². The Kier molecular flexibility index (Phi) is 5.58. The van der Waals surface area contributed by atoms with Crippen LogP contribution in [0, 0.1) is 0 Å². The lowest BCUT2D eigenvalue weighted by Crippen LogP contribution is -2.27. The van der Waals surface area contributed by atoms with Gasteiger partial charge in [0.05, 0.1) is 16.6 Å². The highest BCUT2D eigenvalue weighted by Gasteiger charge is 2.04. The SMILES string of the molecule is CC(C)N(C)CCCc1nc(CCl)cs1. The summed E-state index contributed by atoms with van der Waals surface area (Å²) in [6, 6.07) is 0.625. The van der Waals surface area contributed by atoms with Crippen molar-refractivity contribution in [3.8, 4) is 0 Å². The molecule has 0 atom stereocenters. The first-order valence-electron chi connectivity index (χ1n) is 5.33. The largest absolute Gasteiger partial charge is 0.304 e. The molecule has 0 aliphatic carbocycles. The van der Waals surface area contributed by atoms with E-state index in [0.29, 0.717) is 11.9 Å². The third-order valence-corrected chi connectivity index (χ3v) is 3.75. The molecule has 86 valence electrons. The van der Waals surface area contributed by atoms with E-state index in [-0.39, 0.29) is 0 Å². The van der Waals surface area contributed by atoms with Gasteiger partial charge in [0, 0.05) is 17.8 Å². The Morgan fingerprint density at radius 1 is 1.53 bits per heavy atom. The number of hydrogen-bond donors (Lipinski definition) is 0. The Bertz CT molecular complexity index is 286.